The van der Waals surface area contributed by atoms with Crippen molar-refractivity contribution in [3.63, 3.8) is 0 Å². The number of aryl methyl sites for hydroxylation is 2. The molecule has 1 aliphatic heterocycles. The van der Waals surface area contributed by atoms with Gasteiger partial charge < -0.3 is 14.8 Å². The smallest absolute Gasteiger partial charge is 0.220 e. The molecule has 2 aromatic rings. The van der Waals surface area contributed by atoms with E-state index in [1.54, 1.807) is 0 Å². The van der Waals surface area contributed by atoms with Gasteiger partial charge in [0, 0.05) is 26.1 Å². The molecule has 0 aliphatic carbocycles. The Balaban J connectivity index is 1.42. The van der Waals surface area contributed by atoms with Crippen LogP contribution in [0.2, 0.25) is 0 Å². The van der Waals surface area contributed by atoms with E-state index in [4.69, 9.17) is 9.47 Å². The van der Waals surface area contributed by atoms with Crippen LogP contribution >= 0.6 is 0 Å². The number of nitrogens with zero attached hydrogens (tertiary/aromatic N) is 1. The fourth-order valence-corrected chi connectivity index (χ4v) is 3.81. The summed E-state index contributed by atoms with van der Waals surface area (Å²) in [5, 5.41) is 3.15. The van der Waals surface area contributed by atoms with E-state index in [1.165, 1.54) is 16.7 Å². The van der Waals surface area contributed by atoms with Crippen LogP contribution in [0.4, 0.5) is 0 Å². The van der Waals surface area contributed by atoms with Crippen LogP contribution < -0.4 is 10.1 Å². The number of carbonyl (C=O) groups excluding carboxylic acids is 1. The van der Waals surface area contributed by atoms with Gasteiger partial charge in [-0.25, -0.2) is 0 Å². The average Bonchev–Trinajstić information content (AvgIpc) is 2.74. The Morgan fingerprint density at radius 2 is 1.80 bits per heavy atom. The largest absolute Gasteiger partial charge is 0.494 e. The van der Waals surface area contributed by atoms with E-state index < -0.39 is 0 Å². The van der Waals surface area contributed by atoms with E-state index in [2.05, 4.69) is 54.4 Å². The van der Waals surface area contributed by atoms with Crippen LogP contribution in [0.5, 0.6) is 5.75 Å². The van der Waals surface area contributed by atoms with Crippen LogP contribution in [-0.4, -0.2) is 50.3 Å². The van der Waals surface area contributed by atoms with E-state index in [9.17, 15) is 4.79 Å². The van der Waals surface area contributed by atoms with Gasteiger partial charge in [0.25, 0.3) is 0 Å². The first-order chi connectivity index (χ1) is 14.6. The van der Waals surface area contributed by atoms with Crippen LogP contribution in [0.3, 0.4) is 0 Å². The quantitative estimate of drug-likeness (QED) is 0.601. The monoisotopic (exact) mass is 410 g/mol. The van der Waals surface area contributed by atoms with E-state index in [-0.39, 0.29) is 11.9 Å². The van der Waals surface area contributed by atoms with Crippen LogP contribution in [0.1, 0.15) is 42.0 Å². The molecule has 0 bridgehead atoms. The highest BCUT2D eigenvalue weighted by Gasteiger charge is 2.23. The summed E-state index contributed by atoms with van der Waals surface area (Å²) in [5.41, 5.74) is 3.68. The zero-order valence-electron chi connectivity index (χ0n) is 18.2. The molecule has 162 valence electrons. The lowest BCUT2D eigenvalue weighted by Gasteiger charge is -2.35. The number of carbonyl (C=O) groups is 1. The topological polar surface area (TPSA) is 50.8 Å². The molecule has 1 amide bonds. The average molecular weight is 411 g/mol. The second-order valence-corrected chi connectivity index (χ2v) is 8.00. The van der Waals surface area contributed by atoms with Gasteiger partial charge in [-0.3, -0.25) is 9.69 Å². The number of hydrogen-bond donors (Lipinski definition) is 1. The van der Waals surface area contributed by atoms with Gasteiger partial charge in [-0.2, -0.15) is 0 Å². The lowest BCUT2D eigenvalue weighted by molar-refractivity contribution is -0.121. The molecule has 5 nitrogen and oxygen atoms in total. The maximum atomic E-state index is 12.4. The Morgan fingerprint density at radius 3 is 2.53 bits per heavy atom. The number of unbranched alkanes of at least 4 members (excludes halogenated alkanes) is 1. The molecule has 30 heavy (non-hydrogen) atoms. The summed E-state index contributed by atoms with van der Waals surface area (Å²) in [5.74, 6) is 1.00. The molecule has 3 rings (SSSR count). The Hall–Kier alpha value is -2.37. The molecule has 0 aromatic heterocycles. The van der Waals surface area contributed by atoms with Crippen molar-refractivity contribution in [2.45, 2.75) is 39.2 Å². The third kappa shape index (κ3) is 7.15. The highest BCUT2D eigenvalue weighted by molar-refractivity contribution is 5.75. The molecule has 2 aromatic carbocycles. The summed E-state index contributed by atoms with van der Waals surface area (Å²) in [6.07, 6.45) is 2.22. The Kier molecular flexibility index (Phi) is 8.72. The summed E-state index contributed by atoms with van der Waals surface area (Å²) < 4.78 is 11.3. The molecular formula is C25H34N2O3. The maximum absolute atomic E-state index is 12.4. The van der Waals surface area contributed by atoms with Crippen LogP contribution in [0, 0.1) is 13.8 Å². The Bertz CT molecular complexity index is 802. The first-order valence-electron chi connectivity index (χ1n) is 11.0. The van der Waals surface area contributed by atoms with Gasteiger partial charge in [-0.05, 0) is 49.9 Å². The second kappa shape index (κ2) is 11.7. The standard InChI is InChI=1S/C25H34N2O3/c1-20-7-5-9-22(17-20)24(27-12-15-29-16-13-27)19-26-25(28)11-3-4-14-30-23-10-6-8-21(2)18-23/h5-10,17-18,24H,3-4,11-16,19H2,1-2H3,(H,26,28). The fourth-order valence-electron chi connectivity index (χ4n) is 3.81. The first kappa shape index (κ1) is 22.3. The van der Waals surface area contributed by atoms with Crippen molar-refractivity contribution in [3.05, 3.63) is 65.2 Å². The van der Waals surface area contributed by atoms with Crippen molar-refractivity contribution < 1.29 is 14.3 Å². The molecule has 1 heterocycles. The van der Waals surface area contributed by atoms with Crippen LogP contribution in [0.15, 0.2) is 48.5 Å². The maximum Gasteiger partial charge on any atom is 0.220 e. The number of morpholine rings is 1. The zero-order chi connectivity index (χ0) is 21.2. The molecule has 1 aliphatic rings. The Morgan fingerprint density at radius 1 is 1.07 bits per heavy atom. The highest BCUT2D eigenvalue weighted by Crippen LogP contribution is 2.22. The lowest BCUT2D eigenvalue weighted by atomic mass is 10.0. The fraction of sp³-hybridized carbons (Fsp3) is 0.480. The van der Waals surface area contributed by atoms with Crippen molar-refractivity contribution in [2.24, 2.45) is 0 Å². The summed E-state index contributed by atoms with van der Waals surface area (Å²) >= 11 is 0. The van der Waals surface area contributed by atoms with E-state index >= 15 is 0 Å². The summed E-state index contributed by atoms with van der Waals surface area (Å²) in [6, 6.07) is 16.8. The van der Waals surface area contributed by atoms with Gasteiger partial charge in [0.2, 0.25) is 5.91 Å². The molecule has 1 atom stereocenters. The van der Waals surface area contributed by atoms with Crippen molar-refractivity contribution in [1.29, 1.82) is 0 Å². The highest BCUT2D eigenvalue weighted by atomic mass is 16.5. The van der Waals surface area contributed by atoms with Gasteiger partial charge >= 0.3 is 0 Å². The van der Waals surface area contributed by atoms with Gasteiger partial charge in [-0.1, -0.05) is 42.0 Å². The van der Waals surface area contributed by atoms with Crippen molar-refractivity contribution in [3.8, 4) is 5.75 Å². The number of amides is 1. The van der Waals surface area contributed by atoms with Crippen molar-refractivity contribution >= 4 is 5.91 Å². The zero-order valence-corrected chi connectivity index (χ0v) is 18.2. The normalized spacial score (nSPS) is 15.5. The molecule has 1 fully saturated rings. The third-order valence-electron chi connectivity index (χ3n) is 5.46. The number of ether oxygens (including phenoxy) is 2. The SMILES string of the molecule is Cc1cccc(OCCCCC(=O)NCC(c2cccc(C)c2)N2CCOCC2)c1. The van der Waals surface area contributed by atoms with Gasteiger partial charge in [-0.15, -0.1) is 0 Å². The minimum Gasteiger partial charge on any atom is -0.494 e. The number of nitrogens with one attached hydrogen (secondary N) is 1. The molecule has 0 saturated carbocycles. The second-order valence-electron chi connectivity index (χ2n) is 8.00. The molecule has 1 saturated heterocycles. The predicted molar refractivity (Wildman–Crippen MR) is 120 cm³/mol. The minimum atomic E-state index is 0.108. The number of hydrogen-bond acceptors (Lipinski definition) is 4. The summed E-state index contributed by atoms with van der Waals surface area (Å²) in [6.45, 7) is 8.71. The molecule has 1 N–H and O–H groups in total. The van der Waals surface area contributed by atoms with E-state index in [1.807, 2.05) is 18.2 Å². The van der Waals surface area contributed by atoms with Crippen LogP contribution in [0.25, 0.3) is 0 Å². The van der Waals surface area contributed by atoms with Crippen molar-refractivity contribution in [1.82, 2.24) is 10.2 Å². The minimum absolute atomic E-state index is 0.108. The third-order valence-corrected chi connectivity index (χ3v) is 5.46. The summed E-state index contributed by atoms with van der Waals surface area (Å²) in [7, 11) is 0. The molecular weight excluding hydrogens is 376 g/mol. The van der Waals surface area contributed by atoms with Gasteiger partial charge in [0.05, 0.1) is 25.9 Å². The van der Waals surface area contributed by atoms with Gasteiger partial charge in [0.15, 0.2) is 0 Å². The van der Waals surface area contributed by atoms with E-state index in [0.29, 0.717) is 19.6 Å². The number of rotatable bonds is 10. The first-order valence-corrected chi connectivity index (χ1v) is 11.0. The molecule has 1 unspecified atom stereocenters. The predicted octanol–water partition coefficient (Wildman–Crippen LogP) is 4.04. The Labute approximate surface area is 180 Å². The number of benzene rings is 2. The van der Waals surface area contributed by atoms with Crippen molar-refractivity contribution in [2.75, 3.05) is 39.5 Å². The summed E-state index contributed by atoms with van der Waals surface area (Å²) in [4.78, 5) is 14.8. The van der Waals surface area contributed by atoms with Crippen LogP contribution in [-0.2, 0) is 9.53 Å². The molecule has 5 heteroatoms. The van der Waals surface area contributed by atoms with Gasteiger partial charge in [0.1, 0.15) is 5.75 Å². The van der Waals surface area contributed by atoms with E-state index in [0.717, 1.165) is 44.9 Å². The molecule has 0 spiro atoms. The lowest BCUT2D eigenvalue weighted by Crippen LogP contribution is -2.43. The molecule has 0 radical (unpaired) electrons.